The lowest BCUT2D eigenvalue weighted by molar-refractivity contribution is -0.116. The normalized spacial score (nSPS) is 16.0. The number of rotatable bonds is 6. The van der Waals surface area contributed by atoms with Gasteiger partial charge in [-0.1, -0.05) is 30.0 Å². The number of amides is 1. The molecule has 27 heavy (non-hydrogen) atoms. The Labute approximate surface area is 162 Å². The second-order valence-electron chi connectivity index (χ2n) is 6.66. The van der Waals surface area contributed by atoms with E-state index in [1.54, 1.807) is 17.7 Å². The van der Waals surface area contributed by atoms with E-state index < -0.39 is 0 Å². The van der Waals surface area contributed by atoms with Gasteiger partial charge in [-0.3, -0.25) is 9.59 Å². The molecule has 0 saturated heterocycles. The van der Waals surface area contributed by atoms with Crippen molar-refractivity contribution in [1.29, 1.82) is 0 Å². The average Bonchev–Trinajstić information content (AvgIpc) is 2.63. The Morgan fingerprint density at radius 1 is 1.37 bits per heavy atom. The van der Waals surface area contributed by atoms with E-state index in [0.29, 0.717) is 22.3 Å². The molecule has 0 radical (unpaired) electrons. The van der Waals surface area contributed by atoms with E-state index in [1.807, 2.05) is 38.1 Å². The number of hydrogen-bond acceptors (Lipinski definition) is 5. The average molecular weight is 385 g/mol. The van der Waals surface area contributed by atoms with Crippen LogP contribution in [-0.2, 0) is 11.8 Å². The van der Waals surface area contributed by atoms with Crippen molar-refractivity contribution in [2.24, 2.45) is 7.05 Å². The van der Waals surface area contributed by atoms with Gasteiger partial charge in [-0.05, 0) is 31.5 Å². The number of carbonyl (C=O) groups excluding carboxylic acids is 1. The van der Waals surface area contributed by atoms with Crippen LogP contribution in [0.5, 0.6) is 5.75 Å². The first-order valence-corrected chi connectivity index (χ1v) is 9.80. The first-order chi connectivity index (χ1) is 12.9. The minimum Gasteiger partial charge on any atom is -0.491 e. The van der Waals surface area contributed by atoms with E-state index in [2.05, 4.69) is 16.9 Å². The molecule has 2 heterocycles. The number of nitrogens with zero attached hydrogens (tertiary/aromatic N) is 2. The molecule has 2 aromatic rings. The molecule has 3 rings (SSSR count). The second kappa shape index (κ2) is 8.00. The third-order valence-corrected chi connectivity index (χ3v) is 5.31. The Kier molecular flexibility index (Phi) is 5.70. The van der Waals surface area contributed by atoms with E-state index >= 15 is 0 Å². The number of thioether (sulfide) groups is 1. The number of hydrogen-bond donors (Lipinski definition) is 1. The molecule has 1 aliphatic heterocycles. The van der Waals surface area contributed by atoms with Crippen LogP contribution >= 0.6 is 11.8 Å². The molecule has 0 bridgehead atoms. The standard InChI is InChI=1S/C20H23N3O3S/c1-5-10-27-20-22-19(25)17-15(11-16(24)21-18(17)23(20)4)13-6-8-14(9-7-13)26-12(2)3/h5-9,12,15H,1,10-11H2,2-4H3,(H,21,24). The van der Waals surface area contributed by atoms with Crippen LogP contribution in [-0.4, -0.2) is 27.3 Å². The van der Waals surface area contributed by atoms with Gasteiger partial charge in [0, 0.05) is 25.1 Å². The predicted octanol–water partition coefficient (Wildman–Crippen LogP) is 3.32. The quantitative estimate of drug-likeness (QED) is 0.469. The molecule has 7 heteroatoms. The molecule has 1 amide bonds. The van der Waals surface area contributed by atoms with Gasteiger partial charge in [0.2, 0.25) is 5.91 Å². The molecule has 1 aliphatic rings. The molecule has 0 spiro atoms. The minimum absolute atomic E-state index is 0.0833. The van der Waals surface area contributed by atoms with Crippen molar-refractivity contribution < 1.29 is 9.53 Å². The predicted molar refractivity (Wildman–Crippen MR) is 108 cm³/mol. The summed E-state index contributed by atoms with van der Waals surface area (Å²) >= 11 is 1.41. The number of aromatic nitrogens is 2. The summed E-state index contributed by atoms with van der Waals surface area (Å²) in [6.45, 7) is 7.62. The summed E-state index contributed by atoms with van der Waals surface area (Å²) in [5, 5.41) is 3.40. The third kappa shape index (κ3) is 4.08. The Bertz CT molecular complexity index is 919. The molecule has 1 N–H and O–H groups in total. The monoisotopic (exact) mass is 385 g/mol. The van der Waals surface area contributed by atoms with Gasteiger partial charge in [-0.15, -0.1) is 6.58 Å². The summed E-state index contributed by atoms with van der Waals surface area (Å²) in [4.78, 5) is 29.3. The number of fused-ring (bicyclic) bond motifs is 1. The Hall–Kier alpha value is -2.54. The number of nitrogens with one attached hydrogen (secondary N) is 1. The first-order valence-electron chi connectivity index (χ1n) is 8.81. The summed E-state index contributed by atoms with van der Waals surface area (Å²) in [6.07, 6.45) is 2.05. The van der Waals surface area contributed by atoms with Crippen molar-refractivity contribution in [2.45, 2.75) is 37.4 Å². The van der Waals surface area contributed by atoms with Gasteiger partial charge in [0.1, 0.15) is 11.6 Å². The Balaban J connectivity index is 2.03. The van der Waals surface area contributed by atoms with Crippen LogP contribution in [0.25, 0.3) is 0 Å². The second-order valence-corrected chi connectivity index (χ2v) is 7.65. The van der Waals surface area contributed by atoms with Gasteiger partial charge in [0.05, 0.1) is 11.7 Å². The fourth-order valence-electron chi connectivity index (χ4n) is 3.13. The zero-order valence-electron chi connectivity index (χ0n) is 15.7. The van der Waals surface area contributed by atoms with Crippen LogP contribution in [0.2, 0.25) is 0 Å². The highest BCUT2D eigenvalue weighted by atomic mass is 32.2. The molecular weight excluding hydrogens is 362 g/mol. The maximum Gasteiger partial charge on any atom is 0.279 e. The SMILES string of the molecule is C=CCSc1nc(=O)c2c(n1C)NC(=O)CC2c1ccc(OC(C)C)cc1. The van der Waals surface area contributed by atoms with Gasteiger partial charge >= 0.3 is 0 Å². The zero-order chi connectivity index (χ0) is 19.6. The molecule has 1 atom stereocenters. The maximum absolute atomic E-state index is 12.8. The third-order valence-electron chi connectivity index (χ3n) is 4.29. The minimum atomic E-state index is -0.327. The summed E-state index contributed by atoms with van der Waals surface area (Å²) in [6, 6.07) is 7.55. The highest BCUT2D eigenvalue weighted by Gasteiger charge is 2.32. The molecular formula is C20H23N3O3S. The molecule has 1 aromatic heterocycles. The van der Waals surface area contributed by atoms with Crippen molar-refractivity contribution in [1.82, 2.24) is 9.55 Å². The molecule has 0 saturated carbocycles. The van der Waals surface area contributed by atoms with Crippen molar-refractivity contribution >= 4 is 23.5 Å². The van der Waals surface area contributed by atoms with E-state index in [4.69, 9.17) is 4.74 Å². The maximum atomic E-state index is 12.8. The number of benzene rings is 1. The summed E-state index contributed by atoms with van der Waals surface area (Å²) in [5.41, 5.74) is 1.12. The zero-order valence-corrected chi connectivity index (χ0v) is 16.5. The van der Waals surface area contributed by atoms with E-state index in [1.165, 1.54) is 11.8 Å². The fourth-order valence-corrected chi connectivity index (χ4v) is 3.83. The number of ether oxygens (including phenoxy) is 1. The van der Waals surface area contributed by atoms with Crippen LogP contribution < -0.4 is 15.6 Å². The molecule has 6 nitrogen and oxygen atoms in total. The van der Waals surface area contributed by atoms with Crippen molar-refractivity contribution in [2.75, 3.05) is 11.1 Å². The summed E-state index contributed by atoms with van der Waals surface area (Å²) in [5.74, 6) is 1.47. The topological polar surface area (TPSA) is 73.2 Å². The van der Waals surface area contributed by atoms with Crippen LogP contribution in [0.3, 0.4) is 0 Å². The van der Waals surface area contributed by atoms with Crippen LogP contribution in [0, 0.1) is 0 Å². The van der Waals surface area contributed by atoms with E-state index in [-0.39, 0.29) is 29.9 Å². The summed E-state index contributed by atoms with van der Waals surface area (Å²) < 4.78 is 7.44. The Morgan fingerprint density at radius 3 is 2.70 bits per heavy atom. The largest absolute Gasteiger partial charge is 0.491 e. The van der Waals surface area contributed by atoms with E-state index in [0.717, 1.165) is 11.3 Å². The molecule has 0 aliphatic carbocycles. The van der Waals surface area contributed by atoms with E-state index in [9.17, 15) is 9.59 Å². The van der Waals surface area contributed by atoms with Crippen molar-refractivity contribution in [3.8, 4) is 5.75 Å². The Morgan fingerprint density at radius 2 is 2.07 bits per heavy atom. The molecule has 0 fully saturated rings. The van der Waals surface area contributed by atoms with Gasteiger partial charge in [0.15, 0.2) is 5.16 Å². The lowest BCUT2D eigenvalue weighted by atomic mass is 9.87. The number of anilines is 1. The first kappa shape index (κ1) is 19.2. The van der Waals surface area contributed by atoms with Crippen LogP contribution in [0.15, 0.2) is 46.9 Å². The molecule has 1 aromatic carbocycles. The molecule has 1 unspecified atom stereocenters. The van der Waals surface area contributed by atoms with Gasteiger partial charge < -0.3 is 14.6 Å². The number of carbonyl (C=O) groups is 1. The highest BCUT2D eigenvalue weighted by molar-refractivity contribution is 7.99. The smallest absolute Gasteiger partial charge is 0.279 e. The van der Waals surface area contributed by atoms with Crippen molar-refractivity contribution in [3.63, 3.8) is 0 Å². The lowest BCUT2D eigenvalue weighted by Gasteiger charge is -2.27. The van der Waals surface area contributed by atoms with Crippen molar-refractivity contribution in [3.05, 3.63) is 58.4 Å². The summed E-state index contributed by atoms with van der Waals surface area (Å²) in [7, 11) is 1.80. The van der Waals surface area contributed by atoms with Crippen LogP contribution in [0.1, 0.15) is 37.3 Å². The lowest BCUT2D eigenvalue weighted by Crippen LogP contribution is -2.33. The van der Waals surface area contributed by atoms with Crippen LogP contribution in [0.4, 0.5) is 5.82 Å². The molecule has 142 valence electrons. The highest BCUT2D eigenvalue weighted by Crippen LogP contribution is 2.36. The van der Waals surface area contributed by atoms with Gasteiger partial charge in [0.25, 0.3) is 5.56 Å². The fraction of sp³-hybridized carbons (Fsp3) is 0.350. The van der Waals surface area contributed by atoms with Gasteiger partial charge in [-0.25, -0.2) is 0 Å². The van der Waals surface area contributed by atoms with Gasteiger partial charge in [-0.2, -0.15) is 4.98 Å².